The minimum absolute atomic E-state index is 0.683. The minimum atomic E-state index is 0.683. The smallest absolute Gasteiger partial charge is 0.0936 e. The van der Waals surface area contributed by atoms with Gasteiger partial charge in [-0.15, -0.1) is 11.3 Å². The van der Waals surface area contributed by atoms with E-state index >= 15 is 0 Å². The summed E-state index contributed by atoms with van der Waals surface area (Å²) in [6, 6.07) is 0. The van der Waals surface area contributed by atoms with Crippen LogP contribution in [0.5, 0.6) is 0 Å². The van der Waals surface area contributed by atoms with E-state index < -0.39 is 0 Å². The maximum atomic E-state index is 6.06. The molecule has 0 aromatic carbocycles. The van der Waals surface area contributed by atoms with Gasteiger partial charge in [0.1, 0.15) is 0 Å². The summed E-state index contributed by atoms with van der Waals surface area (Å²) in [5.41, 5.74) is 0.859. The number of thiazole rings is 1. The third kappa shape index (κ3) is 2.20. The van der Waals surface area contributed by atoms with Crippen LogP contribution >= 0.6 is 22.9 Å². The number of nitrogens with zero attached hydrogens (tertiary/aromatic N) is 1. The Labute approximate surface area is 87.1 Å². The summed E-state index contributed by atoms with van der Waals surface area (Å²) in [5.74, 6) is 0. The predicted octanol–water partition coefficient (Wildman–Crippen LogP) is 2.04. The van der Waals surface area contributed by atoms with Gasteiger partial charge in [0, 0.05) is 0 Å². The van der Waals surface area contributed by atoms with Crippen LogP contribution in [0.25, 0.3) is 11.6 Å². The molecule has 0 radical (unpaired) electrons. The van der Waals surface area contributed by atoms with Crippen molar-refractivity contribution in [3.63, 3.8) is 0 Å². The van der Waals surface area contributed by atoms with Gasteiger partial charge in [-0.3, -0.25) is 0 Å². The van der Waals surface area contributed by atoms with Crippen molar-refractivity contribution in [3.05, 3.63) is 27.0 Å². The fourth-order valence-electron chi connectivity index (χ4n) is 0.917. The van der Waals surface area contributed by atoms with Gasteiger partial charge in [-0.25, -0.2) is 4.98 Å². The molecule has 0 bridgehead atoms. The van der Waals surface area contributed by atoms with Gasteiger partial charge in [0.05, 0.1) is 19.9 Å². The van der Waals surface area contributed by atoms with Crippen molar-refractivity contribution in [1.29, 1.82) is 0 Å². The average molecular weight is 214 g/mol. The highest BCUT2D eigenvalue weighted by atomic mass is 35.5. The zero-order valence-electron chi connectivity index (χ0n) is 7.85. The lowest BCUT2D eigenvalue weighted by Gasteiger charge is -1.90. The van der Waals surface area contributed by atoms with Crippen molar-refractivity contribution >= 4 is 34.5 Å². The Hall–Kier alpha value is -0.600. The Bertz CT molecular complexity index is 430. The second kappa shape index (κ2) is 4.07. The predicted molar refractivity (Wildman–Crippen MR) is 60.3 cm³/mol. The number of rotatable bonds is 2. The van der Waals surface area contributed by atoms with Gasteiger partial charge in [0.15, 0.2) is 0 Å². The molecule has 0 spiro atoms. The maximum Gasteiger partial charge on any atom is 0.0936 e. The normalized spacial score (nSPS) is 12.8. The van der Waals surface area contributed by atoms with Crippen molar-refractivity contribution in [2.45, 2.75) is 20.3 Å². The van der Waals surface area contributed by atoms with E-state index in [9.17, 15) is 0 Å². The van der Waals surface area contributed by atoms with E-state index in [4.69, 9.17) is 11.6 Å². The van der Waals surface area contributed by atoms with E-state index in [1.807, 2.05) is 6.92 Å². The van der Waals surface area contributed by atoms with Crippen LogP contribution in [0.4, 0.5) is 0 Å². The molecule has 3 heteroatoms. The molecule has 0 amide bonds. The van der Waals surface area contributed by atoms with Crippen LogP contribution in [-0.4, -0.2) is 4.98 Å². The van der Waals surface area contributed by atoms with Crippen LogP contribution in [0.2, 0.25) is 0 Å². The first-order valence-electron chi connectivity index (χ1n) is 4.06. The number of hydrogen-bond acceptors (Lipinski definition) is 2. The van der Waals surface area contributed by atoms with Crippen LogP contribution in [0.3, 0.4) is 0 Å². The Balaban J connectivity index is 3.45. The summed E-state index contributed by atoms with van der Waals surface area (Å²) in [4.78, 5) is 4.29. The number of halogens is 1. The quantitative estimate of drug-likeness (QED) is 0.733. The van der Waals surface area contributed by atoms with Gasteiger partial charge in [-0.1, -0.05) is 31.7 Å². The molecule has 0 unspecified atom stereocenters. The van der Waals surface area contributed by atoms with Crippen LogP contribution in [0, 0.1) is 0 Å². The highest BCUT2D eigenvalue weighted by Crippen LogP contribution is 2.11. The Kier molecular flexibility index (Phi) is 3.28. The van der Waals surface area contributed by atoms with E-state index in [2.05, 4.69) is 25.1 Å². The SMILES string of the molecule is C=C(C)/C(Cl)=c1/sc(CC)nc1=C. The molecule has 1 rings (SSSR count). The molecule has 0 aliphatic rings. The summed E-state index contributed by atoms with van der Waals surface area (Å²) in [7, 11) is 0. The standard InChI is InChI=1S/C10H12ClNS/c1-5-8-12-7(4)10(13-8)9(11)6(2)3/h2,4-5H2,1,3H3/b10-9-. The first-order chi connectivity index (χ1) is 6.06. The largest absolute Gasteiger partial charge is 0.242 e. The fourth-order valence-corrected chi connectivity index (χ4v) is 2.11. The second-order valence-electron chi connectivity index (χ2n) is 2.83. The number of hydrogen-bond donors (Lipinski definition) is 0. The Morgan fingerprint density at radius 2 is 2.23 bits per heavy atom. The van der Waals surface area contributed by atoms with E-state index in [1.165, 1.54) is 0 Å². The number of aromatic nitrogens is 1. The summed E-state index contributed by atoms with van der Waals surface area (Å²) >= 11 is 7.66. The molecule has 1 nitrogen and oxygen atoms in total. The van der Waals surface area contributed by atoms with Gasteiger partial charge >= 0.3 is 0 Å². The van der Waals surface area contributed by atoms with Crippen molar-refractivity contribution in [3.8, 4) is 0 Å². The molecule has 0 aliphatic carbocycles. The van der Waals surface area contributed by atoms with Crippen LogP contribution < -0.4 is 9.88 Å². The highest BCUT2D eigenvalue weighted by molar-refractivity contribution is 7.09. The van der Waals surface area contributed by atoms with Crippen LogP contribution in [0.1, 0.15) is 18.9 Å². The molecule has 0 saturated carbocycles. The molecule has 0 N–H and O–H groups in total. The summed E-state index contributed by atoms with van der Waals surface area (Å²) in [6.07, 6.45) is 0.924. The molecule has 1 heterocycles. The maximum absolute atomic E-state index is 6.06. The first-order valence-corrected chi connectivity index (χ1v) is 5.26. The minimum Gasteiger partial charge on any atom is -0.242 e. The van der Waals surface area contributed by atoms with E-state index in [-0.39, 0.29) is 0 Å². The Morgan fingerprint density at radius 3 is 2.62 bits per heavy atom. The van der Waals surface area contributed by atoms with Gasteiger partial charge in [0.25, 0.3) is 0 Å². The highest BCUT2D eigenvalue weighted by Gasteiger charge is 2.01. The third-order valence-corrected chi connectivity index (χ3v) is 3.50. The molecular weight excluding hydrogens is 202 g/mol. The molecule has 0 fully saturated rings. The summed E-state index contributed by atoms with van der Waals surface area (Å²) in [6.45, 7) is 11.6. The molecule has 70 valence electrons. The van der Waals surface area contributed by atoms with Gasteiger partial charge in [0.2, 0.25) is 0 Å². The van der Waals surface area contributed by atoms with Gasteiger partial charge in [-0.05, 0) is 18.9 Å². The van der Waals surface area contributed by atoms with Crippen molar-refractivity contribution < 1.29 is 0 Å². The average Bonchev–Trinajstić information content (AvgIpc) is 2.45. The van der Waals surface area contributed by atoms with E-state index in [1.54, 1.807) is 11.3 Å². The molecule has 1 aromatic rings. The number of allylic oxidation sites excluding steroid dienone is 1. The van der Waals surface area contributed by atoms with Crippen molar-refractivity contribution in [2.24, 2.45) is 0 Å². The molecule has 13 heavy (non-hydrogen) atoms. The van der Waals surface area contributed by atoms with E-state index in [0.717, 1.165) is 26.9 Å². The van der Waals surface area contributed by atoms with Gasteiger partial charge < -0.3 is 0 Å². The van der Waals surface area contributed by atoms with Gasteiger partial charge in [-0.2, -0.15) is 0 Å². The summed E-state index contributed by atoms with van der Waals surface area (Å²) < 4.78 is 0.950. The molecular formula is C10H12ClNS. The lowest BCUT2D eigenvalue weighted by atomic mass is 10.3. The van der Waals surface area contributed by atoms with Crippen molar-refractivity contribution in [1.82, 2.24) is 4.98 Å². The first kappa shape index (κ1) is 10.5. The fraction of sp³-hybridized carbons (Fsp3) is 0.300. The van der Waals surface area contributed by atoms with Crippen LogP contribution in [0.15, 0.2) is 12.2 Å². The number of aryl methyl sites for hydroxylation is 1. The van der Waals surface area contributed by atoms with Crippen molar-refractivity contribution in [2.75, 3.05) is 0 Å². The molecule has 0 atom stereocenters. The molecule has 0 aliphatic heterocycles. The topological polar surface area (TPSA) is 12.9 Å². The monoisotopic (exact) mass is 213 g/mol. The Morgan fingerprint density at radius 1 is 1.62 bits per heavy atom. The molecule has 0 saturated heterocycles. The zero-order valence-corrected chi connectivity index (χ0v) is 9.43. The van der Waals surface area contributed by atoms with Crippen LogP contribution in [-0.2, 0) is 6.42 Å². The zero-order chi connectivity index (χ0) is 10.0. The summed E-state index contributed by atoms with van der Waals surface area (Å²) in [5, 5.41) is 2.51. The lowest BCUT2D eigenvalue weighted by molar-refractivity contribution is 1.08. The third-order valence-electron chi connectivity index (χ3n) is 1.62. The second-order valence-corrected chi connectivity index (χ2v) is 4.29. The molecule has 1 aromatic heterocycles. The van der Waals surface area contributed by atoms with E-state index in [0.29, 0.717) is 5.03 Å². The lowest BCUT2D eigenvalue weighted by Crippen LogP contribution is -2.20.